The Hall–Kier alpha value is -1.27. The number of halogens is 1. The predicted molar refractivity (Wildman–Crippen MR) is 64.1 cm³/mol. The molecular formula is C7H5IN2O6S. The molecule has 3 N–H and O–H groups in total. The fourth-order valence-electron chi connectivity index (χ4n) is 1.05. The Morgan fingerprint density at radius 3 is 2.35 bits per heavy atom. The molecule has 0 radical (unpaired) electrons. The highest BCUT2D eigenvalue weighted by Gasteiger charge is 2.25. The van der Waals surface area contributed by atoms with E-state index in [1.165, 1.54) is 22.6 Å². The average molecular weight is 372 g/mol. The standard InChI is InChI=1S/C7H5IN2O6S/c8-6-4(10(13)14)1-3(7(11)12)2-5(6)17(9,15)16/h1-2H,(H,11,12)(H2,9,15,16). The summed E-state index contributed by atoms with van der Waals surface area (Å²) < 4.78 is 22.1. The molecule has 92 valence electrons. The van der Waals surface area contributed by atoms with Crippen LogP contribution in [-0.2, 0) is 10.0 Å². The lowest BCUT2D eigenvalue weighted by Crippen LogP contribution is -2.16. The number of carbonyl (C=O) groups is 1. The molecule has 1 rings (SSSR count). The molecule has 8 nitrogen and oxygen atoms in total. The summed E-state index contributed by atoms with van der Waals surface area (Å²) in [7, 11) is -4.22. The van der Waals surface area contributed by atoms with Crippen molar-refractivity contribution in [3.8, 4) is 0 Å². The SMILES string of the molecule is NS(=O)(=O)c1cc(C(=O)O)cc([N+](=O)[O-])c1I. The topological polar surface area (TPSA) is 141 Å². The summed E-state index contributed by atoms with van der Waals surface area (Å²) in [4.78, 5) is 19.9. The van der Waals surface area contributed by atoms with Crippen LogP contribution < -0.4 is 5.14 Å². The Bertz CT molecular complexity index is 611. The van der Waals surface area contributed by atoms with Crippen LogP contribution in [0.25, 0.3) is 0 Å². The number of hydrogen-bond acceptors (Lipinski definition) is 5. The number of sulfonamides is 1. The van der Waals surface area contributed by atoms with Crippen molar-refractivity contribution in [1.29, 1.82) is 0 Å². The number of nitro groups is 1. The van der Waals surface area contributed by atoms with E-state index in [0.717, 1.165) is 12.1 Å². The average Bonchev–Trinajstić information content (AvgIpc) is 2.15. The van der Waals surface area contributed by atoms with Gasteiger partial charge in [-0.25, -0.2) is 18.4 Å². The second-order valence-corrected chi connectivity index (χ2v) is 5.52. The van der Waals surface area contributed by atoms with E-state index >= 15 is 0 Å². The van der Waals surface area contributed by atoms with Crippen LogP contribution >= 0.6 is 22.6 Å². The summed E-state index contributed by atoms with van der Waals surface area (Å²) in [5.74, 6) is -1.48. The van der Waals surface area contributed by atoms with Gasteiger partial charge < -0.3 is 5.11 Å². The Morgan fingerprint density at radius 2 is 2.00 bits per heavy atom. The summed E-state index contributed by atoms with van der Waals surface area (Å²) >= 11 is 1.43. The van der Waals surface area contributed by atoms with Crippen LogP contribution in [-0.4, -0.2) is 24.4 Å². The maximum Gasteiger partial charge on any atom is 0.335 e. The largest absolute Gasteiger partial charge is 0.478 e. The van der Waals surface area contributed by atoms with Crippen molar-refractivity contribution in [1.82, 2.24) is 0 Å². The third kappa shape index (κ3) is 2.89. The molecule has 0 unspecified atom stereocenters. The lowest BCUT2D eigenvalue weighted by Gasteiger charge is -2.04. The van der Waals surface area contributed by atoms with E-state index in [2.05, 4.69) is 0 Å². The number of primary sulfonamides is 1. The van der Waals surface area contributed by atoms with Gasteiger partial charge in [-0.15, -0.1) is 0 Å². The van der Waals surface area contributed by atoms with Crippen LogP contribution in [0.3, 0.4) is 0 Å². The summed E-state index contributed by atoms with van der Waals surface area (Å²) in [6, 6.07) is 1.56. The smallest absolute Gasteiger partial charge is 0.335 e. The minimum Gasteiger partial charge on any atom is -0.478 e. The number of nitrogens with two attached hydrogens (primary N) is 1. The molecule has 0 aliphatic heterocycles. The van der Waals surface area contributed by atoms with E-state index in [-0.39, 0.29) is 3.57 Å². The van der Waals surface area contributed by atoms with Crippen molar-refractivity contribution in [2.24, 2.45) is 5.14 Å². The molecule has 0 saturated carbocycles. The number of rotatable bonds is 3. The first-order chi connectivity index (χ1) is 7.64. The molecule has 0 atom stereocenters. The zero-order chi connectivity index (χ0) is 13.4. The van der Waals surface area contributed by atoms with Crippen LogP contribution in [0.5, 0.6) is 0 Å². The molecule has 0 aromatic heterocycles. The van der Waals surface area contributed by atoms with Gasteiger partial charge in [0.1, 0.15) is 8.47 Å². The molecule has 1 aromatic rings. The minimum atomic E-state index is -4.22. The van der Waals surface area contributed by atoms with E-state index in [1.54, 1.807) is 0 Å². The third-order valence-corrected chi connectivity index (χ3v) is 4.20. The van der Waals surface area contributed by atoms with E-state index in [0.29, 0.717) is 0 Å². The van der Waals surface area contributed by atoms with Gasteiger partial charge in [-0.1, -0.05) is 0 Å². The van der Waals surface area contributed by atoms with Crippen molar-refractivity contribution in [2.75, 3.05) is 0 Å². The van der Waals surface area contributed by atoms with Gasteiger partial charge in [-0.3, -0.25) is 10.1 Å². The molecule has 17 heavy (non-hydrogen) atoms. The molecular weight excluding hydrogens is 367 g/mol. The predicted octanol–water partition coefficient (Wildman–Crippen LogP) is 0.545. The van der Waals surface area contributed by atoms with Gasteiger partial charge in [-0.2, -0.15) is 0 Å². The van der Waals surface area contributed by atoms with Crippen molar-refractivity contribution < 1.29 is 23.2 Å². The monoisotopic (exact) mass is 372 g/mol. The summed E-state index contributed by atoms with van der Waals surface area (Å²) in [5, 5.41) is 24.2. The highest BCUT2D eigenvalue weighted by atomic mass is 127. The Labute approximate surface area is 109 Å². The number of benzene rings is 1. The van der Waals surface area contributed by atoms with E-state index in [9.17, 15) is 23.3 Å². The molecule has 0 amide bonds. The van der Waals surface area contributed by atoms with Crippen molar-refractivity contribution in [3.05, 3.63) is 31.4 Å². The Kier molecular flexibility index (Phi) is 3.68. The molecule has 0 spiro atoms. The zero-order valence-corrected chi connectivity index (χ0v) is 10.9. The first kappa shape index (κ1) is 13.8. The van der Waals surface area contributed by atoms with Gasteiger partial charge in [0, 0.05) is 6.07 Å². The van der Waals surface area contributed by atoms with E-state index in [1.807, 2.05) is 0 Å². The van der Waals surface area contributed by atoms with Gasteiger partial charge in [-0.05, 0) is 28.7 Å². The van der Waals surface area contributed by atoms with Crippen molar-refractivity contribution >= 4 is 44.3 Å². The number of aromatic carboxylic acids is 1. The first-order valence-corrected chi connectivity index (χ1v) is 6.51. The quantitative estimate of drug-likeness (QED) is 0.451. The second-order valence-electron chi connectivity index (χ2n) is 2.91. The summed E-state index contributed by atoms with van der Waals surface area (Å²) in [6.07, 6.45) is 0. The Balaban J connectivity index is 3.73. The van der Waals surface area contributed by atoms with E-state index < -0.39 is 37.1 Å². The second kappa shape index (κ2) is 4.54. The molecule has 0 fully saturated rings. The highest BCUT2D eigenvalue weighted by molar-refractivity contribution is 14.1. The van der Waals surface area contributed by atoms with Crippen LogP contribution in [0.1, 0.15) is 10.4 Å². The number of carboxylic acids is 1. The molecule has 10 heteroatoms. The minimum absolute atomic E-state index is 0.222. The first-order valence-electron chi connectivity index (χ1n) is 3.88. The molecule has 0 aliphatic carbocycles. The number of carboxylic acid groups (broad SMARTS) is 1. The van der Waals surface area contributed by atoms with Crippen molar-refractivity contribution in [3.63, 3.8) is 0 Å². The van der Waals surface area contributed by atoms with Crippen LogP contribution in [0.2, 0.25) is 0 Å². The molecule has 0 heterocycles. The summed E-state index contributed by atoms with van der Waals surface area (Å²) in [5.41, 5.74) is -1.13. The molecule has 0 aliphatic rings. The fourth-order valence-corrected chi connectivity index (χ4v) is 3.12. The van der Waals surface area contributed by atoms with E-state index in [4.69, 9.17) is 10.2 Å². The van der Waals surface area contributed by atoms with Gasteiger partial charge in [0.15, 0.2) is 0 Å². The van der Waals surface area contributed by atoms with Gasteiger partial charge >= 0.3 is 5.97 Å². The summed E-state index contributed by atoms with van der Waals surface area (Å²) in [6.45, 7) is 0. The van der Waals surface area contributed by atoms with Crippen molar-refractivity contribution in [2.45, 2.75) is 4.90 Å². The number of hydrogen-bond donors (Lipinski definition) is 2. The highest BCUT2D eigenvalue weighted by Crippen LogP contribution is 2.28. The normalized spacial score (nSPS) is 11.2. The maximum absolute atomic E-state index is 11.2. The van der Waals surface area contributed by atoms with Gasteiger partial charge in [0.25, 0.3) is 5.69 Å². The molecule has 1 aromatic carbocycles. The third-order valence-electron chi connectivity index (χ3n) is 1.77. The van der Waals surface area contributed by atoms with Gasteiger partial charge in [0.05, 0.1) is 10.5 Å². The maximum atomic E-state index is 11.2. The molecule has 0 bridgehead atoms. The molecule has 0 saturated heterocycles. The van der Waals surface area contributed by atoms with Crippen LogP contribution in [0.15, 0.2) is 17.0 Å². The number of nitro benzene ring substituents is 1. The Morgan fingerprint density at radius 1 is 1.47 bits per heavy atom. The lowest BCUT2D eigenvalue weighted by molar-refractivity contribution is -0.386. The number of nitrogens with zero attached hydrogens (tertiary/aromatic N) is 1. The lowest BCUT2D eigenvalue weighted by atomic mass is 10.2. The zero-order valence-electron chi connectivity index (χ0n) is 7.95. The van der Waals surface area contributed by atoms with Crippen LogP contribution in [0.4, 0.5) is 5.69 Å². The van der Waals surface area contributed by atoms with Crippen LogP contribution in [0, 0.1) is 13.7 Å². The fraction of sp³-hybridized carbons (Fsp3) is 0. The van der Waals surface area contributed by atoms with Gasteiger partial charge in [0.2, 0.25) is 10.0 Å².